The molecule has 5 nitrogen and oxygen atoms in total. The van der Waals surface area contributed by atoms with Crippen molar-refractivity contribution in [2.24, 2.45) is 0 Å². The summed E-state index contributed by atoms with van der Waals surface area (Å²) in [5.74, 6) is 1.06. The third-order valence-electron chi connectivity index (χ3n) is 4.41. The third kappa shape index (κ3) is 3.31. The number of phenols is 1. The number of anilines is 1. The maximum atomic E-state index is 12.4. The first kappa shape index (κ1) is 18.7. The van der Waals surface area contributed by atoms with Gasteiger partial charge < -0.3 is 15.2 Å². The lowest BCUT2D eigenvalue weighted by Crippen LogP contribution is -2.04. The van der Waals surface area contributed by atoms with Crippen LogP contribution >= 0.6 is 31.9 Å². The topological polar surface area (TPSA) is 71.5 Å². The van der Waals surface area contributed by atoms with Crippen LogP contribution in [-0.2, 0) is 4.79 Å². The molecule has 7 heteroatoms. The van der Waals surface area contributed by atoms with E-state index in [1.54, 1.807) is 25.4 Å². The second kappa shape index (κ2) is 7.41. The summed E-state index contributed by atoms with van der Waals surface area (Å²) >= 11 is 6.80. The number of nitrogens with zero attached hydrogens (tertiary/aromatic N) is 1. The number of halogens is 2. The van der Waals surface area contributed by atoms with Gasteiger partial charge in [0.2, 0.25) is 0 Å². The van der Waals surface area contributed by atoms with Crippen molar-refractivity contribution >= 4 is 55.2 Å². The number of hydrogen-bond acceptors (Lipinski definition) is 4. The Balaban J connectivity index is 1.87. The predicted octanol–water partition coefficient (Wildman–Crippen LogP) is 5.48. The Labute approximate surface area is 178 Å². The normalized spacial score (nSPS) is 14.1. The van der Waals surface area contributed by atoms with Crippen LogP contribution in [0.15, 0.2) is 57.6 Å². The number of aromatic hydroxyl groups is 1. The summed E-state index contributed by atoms with van der Waals surface area (Å²) in [7, 11) is 1.58. The molecule has 0 radical (unpaired) electrons. The Kier molecular flexibility index (Phi) is 4.95. The zero-order valence-corrected chi connectivity index (χ0v) is 17.8. The van der Waals surface area contributed by atoms with Gasteiger partial charge in [-0.15, -0.1) is 0 Å². The van der Waals surface area contributed by atoms with Crippen LogP contribution in [0.3, 0.4) is 0 Å². The number of benzene rings is 2. The number of rotatable bonds is 3. The number of hydrogen-bond donors (Lipinski definition) is 2. The van der Waals surface area contributed by atoms with E-state index in [1.165, 1.54) is 0 Å². The maximum Gasteiger partial charge on any atom is 0.257 e. The van der Waals surface area contributed by atoms with Gasteiger partial charge in [0.1, 0.15) is 17.3 Å². The van der Waals surface area contributed by atoms with Crippen molar-refractivity contribution in [3.8, 4) is 22.6 Å². The fraction of sp³-hybridized carbons (Fsp3) is 0.0476. The zero-order valence-electron chi connectivity index (χ0n) is 14.7. The number of methoxy groups -OCH3 is 1. The Morgan fingerprint density at radius 3 is 2.68 bits per heavy atom. The Morgan fingerprint density at radius 2 is 1.89 bits per heavy atom. The smallest absolute Gasteiger partial charge is 0.257 e. The molecule has 2 heterocycles. The van der Waals surface area contributed by atoms with Gasteiger partial charge in [0.05, 0.1) is 17.2 Å². The molecule has 0 atom stereocenters. The largest absolute Gasteiger partial charge is 0.506 e. The Morgan fingerprint density at radius 1 is 1.11 bits per heavy atom. The summed E-state index contributed by atoms with van der Waals surface area (Å²) in [4.78, 5) is 16.7. The monoisotopic (exact) mass is 500 g/mol. The fourth-order valence-electron chi connectivity index (χ4n) is 3.13. The van der Waals surface area contributed by atoms with Crippen LogP contribution in [-0.4, -0.2) is 23.1 Å². The minimum atomic E-state index is -0.219. The quantitative estimate of drug-likeness (QED) is 0.466. The second-order valence-corrected chi connectivity index (χ2v) is 7.93. The number of ether oxygens (including phenoxy) is 1. The van der Waals surface area contributed by atoms with Crippen LogP contribution in [0, 0.1) is 0 Å². The van der Waals surface area contributed by atoms with Gasteiger partial charge in [-0.05, 0) is 67.8 Å². The van der Waals surface area contributed by atoms with Crippen molar-refractivity contribution in [1.29, 1.82) is 0 Å². The molecule has 28 heavy (non-hydrogen) atoms. The molecule has 0 fully saturated rings. The summed E-state index contributed by atoms with van der Waals surface area (Å²) in [6, 6.07) is 12.9. The van der Waals surface area contributed by atoms with Crippen LogP contribution in [0.1, 0.15) is 11.1 Å². The minimum absolute atomic E-state index is 0.104. The van der Waals surface area contributed by atoms with Crippen LogP contribution < -0.4 is 10.1 Å². The highest BCUT2D eigenvalue weighted by Gasteiger charge is 2.26. The van der Waals surface area contributed by atoms with E-state index in [9.17, 15) is 9.90 Å². The molecule has 0 saturated carbocycles. The van der Waals surface area contributed by atoms with Gasteiger partial charge in [0.15, 0.2) is 0 Å². The van der Waals surface area contributed by atoms with E-state index in [1.807, 2.05) is 36.4 Å². The molecule has 0 unspecified atom stereocenters. The lowest BCUT2D eigenvalue weighted by atomic mass is 9.99. The maximum absolute atomic E-state index is 12.4. The number of aromatic nitrogens is 1. The second-order valence-electron chi connectivity index (χ2n) is 6.16. The van der Waals surface area contributed by atoms with Gasteiger partial charge in [-0.3, -0.25) is 4.79 Å². The van der Waals surface area contributed by atoms with E-state index in [4.69, 9.17) is 4.74 Å². The molecule has 1 amide bonds. The highest BCUT2D eigenvalue weighted by Crippen LogP contribution is 2.42. The first-order valence-corrected chi connectivity index (χ1v) is 9.91. The van der Waals surface area contributed by atoms with Crippen molar-refractivity contribution in [3.05, 3.63) is 68.7 Å². The molecule has 0 bridgehead atoms. The first-order valence-electron chi connectivity index (χ1n) is 8.33. The SMILES string of the molecule is COc1ccccc1-c1cc(C=C2C(=O)Nc3ncc(Br)cc32)cc(Br)c1O. The van der Waals surface area contributed by atoms with Crippen LogP contribution in [0.2, 0.25) is 0 Å². The van der Waals surface area contributed by atoms with Gasteiger partial charge in [-0.25, -0.2) is 4.98 Å². The summed E-state index contributed by atoms with van der Waals surface area (Å²) in [6.45, 7) is 0. The zero-order chi connectivity index (χ0) is 19.8. The number of carbonyl (C=O) groups excluding carboxylic acids is 1. The molecule has 4 rings (SSSR count). The molecule has 0 spiro atoms. The summed E-state index contributed by atoms with van der Waals surface area (Å²) in [6.07, 6.45) is 3.41. The van der Waals surface area contributed by atoms with Gasteiger partial charge >= 0.3 is 0 Å². The van der Waals surface area contributed by atoms with Gasteiger partial charge in [-0.1, -0.05) is 18.2 Å². The lowest BCUT2D eigenvalue weighted by Gasteiger charge is -2.12. The lowest BCUT2D eigenvalue weighted by molar-refractivity contribution is -0.110. The van der Waals surface area contributed by atoms with Crippen LogP contribution in [0.25, 0.3) is 22.8 Å². The number of nitrogens with one attached hydrogen (secondary N) is 1. The van der Waals surface area contributed by atoms with E-state index in [-0.39, 0.29) is 11.7 Å². The van der Waals surface area contributed by atoms with E-state index < -0.39 is 0 Å². The van der Waals surface area contributed by atoms with Crippen molar-refractivity contribution < 1.29 is 14.6 Å². The molecular weight excluding hydrogens is 488 g/mol. The van der Waals surface area contributed by atoms with Crippen molar-refractivity contribution in [2.75, 3.05) is 12.4 Å². The van der Waals surface area contributed by atoms with Crippen LogP contribution in [0.5, 0.6) is 11.5 Å². The highest BCUT2D eigenvalue weighted by atomic mass is 79.9. The Hall–Kier alpha value is -2.64. The summed E-state index contributed by atoms with van der Waals surface area (Å²) in [5, 5.41) is 13.3. The van der Waals surface area contributed by atoms with Crippen molar-refractivity contribution in [1.82, 2.24) is 4.98 Å². The van der Waals surface area contributed by atoms with Crippen molar-refractivity contribution in [3.63, 3.8) is 0 Å². The molecule has 1 aliphatic heterocycles. The van der Waals surface area contributed by atoms with Crippen LogP contribution in [0.4, 0.5) is 5.82 Å². The molecule has 0 saturated heterocycles. The molecule has 0 aliphatic carbocycles. The van der Waals surface area contributed by atoms with Gasteiger partial charge in [-0.2, -0.15) is 0 Å². The molecule has 140 valence electrons. The summed E-state index contributed by atoms with van der Waals surface area (Å²) in [5.41, 5.74) is 3.34. The van der Waals surface area contributed by atoms with E-state index in [0.29, 0.717) is 27.2 Å². The van der Waals surface area contributed by atoms with E-state index in [0.717, 1.165) is 21.2 Å². The first-order chi connectivity index (χ1) is 13.5. The molecular formula is C21H14Br2N2O3. The standard InChI is InChI=1S/C21H14Br2N2O3/c1-28-18-5-3-2-4-13(18)14-6-11(8-17(23)19(14)26)7-16-15-9-12(22)10-24-20(15)25-21(16)27/h2-10,26H,1H3,(H,24,25,27). The van der Waals surface area contributed by atoms with Gasteiger partial charge in [0, 0.05) is 27.4 Å². The fourth-order valence-corrected chi connectivity index (χ4v) is 3.94. The molecule has 2 aromatic carbocycles. The summed E-state index contributed by atoms with van der Waals surface area (Å²) < 4.78 is 6.73. The molecule has 3 aromatic rings. The number of carbonyl (C=O) groups is 1. The molecule has 1 aliphatic rings. The third-order valence-corrected chi connectivity index (χ3v) is 5.45. The van der Waals surface area contributed by atoms with Gasteiger partial charge in [0.25, 0.3) is 5.91 Å². The predicted molar refractivity (Wildman–Crippen MR) is 116 cm³/mol. The highest BCUT2D eigenvalue weighted by molar-refractivity contribution is 9.10. The number of para-hydroxylation sites is 1. The minimum Gasteiger partial charge on any atom is -0.506 e. The number of phenolic OH excluding ortho intramolecular Hbond substituents is 1. The number of fused-ring (bicyclic) bond motifs is 1. The Bertz CT molecular complexity index is 1140. The average Bonchev–Trinajstić information content (AvgIpc) is 2.99. The van der Waals surface area contributed by atoms with E-state index in [2.05, 4.69) is 42.2 Å². The number of pyridine rings is 1. The average molecular weight is 502 g/mol. The molecule has 1 aromatic heterocycles. The van der Waals surface area contributed by atoms with Crippen molar-refractivity contribution in [2.45, 2.75) is 0 Å². The van der Waals surface area contributed by atoms with E-state index >= 15 is 0 Å². The molecule has 2 N–H and O–H groups in total. The number of amides is 1.